The lowest BCUT2D eigenvalue weighted by atomic mass is 9.96. The molecule has 1 N–H and O–H groups in total. The number of sulfone groups is 1. The van der Waals surface area contributed by atoms with Crippen LogP contribution in [-0.2, 0) is 23.4 Å². The summed E-state index contributed by atoms with van der Waals surface area (Å²) in [6, 6.07) is 13.3. The Labute approximate surface area is 255 Å². The van der Waals surface area contributed by atoms with E-state index in [1.807, 2.05) is 42.1 Å². The summed E-state index contributed by atoms with van der Waals surface area (Å²) in [4.78, 5) is 29.2. The zero-order valence-corrected chi connectivity index (χ0v) is 25.6. The van der Waals surface area contributed by atoms with Crippen LogP contribution < -0.4 is 5.56 Å². The maximum atomic E-state index is 14.1. The van der Waals surface area contributed by atoms with Crippen LogP contribution in [0.2, 0.25) is 0 Å². The summed E-state index contributed by atoms with van der Waals surface area (Å²) in [5, 5.41) is 10.0. The average Bonchev–Trinajstić information content (AvgIpc) is 3.65. The Balaban J connectivity index is 1.42. The molecule has 4 aromatic heterocycles. The number of hydrogen-bond acceptors (Lipinski definition) is 7. The molecule has 5 aromatic rings. The van der Waals surface area contributed by atoms with Crippen LogP contribution in [0.4, 0.5) is 0 Å². The van der Waals surface area contributed by atoms with E-state index in [4.69, 9.17) is 4.98 Å². The summed E-state index contributed by atoms with van der Waals surface area (Å²) in [5.41, 5.74) is 4.50. The molecule has 44 heavy (non-hydrogen) atoms. The first-order valence-corrected chi connectivity index (χ1v) is 16.8. The second-order valence-corrected chi connectivity index (χ2v) is 14.0. The SMILES string of the molecule is Cn1ccnc1-c1cc(C#N)ccc1-c1cc(C2CC2)nc(-n2cc(S(C)(=O)=O)c3cc(CN4CCCCC4)[nH]c3c2=O)c1. The molecule has 0 amide bonds. The molecule has 1 aliphatic heterocycles. The topological polar surface area (TPSA) is 130 Å². The minimum Gasteiger partial charge on any atom is -0.353 e. The third-order valence-electron chi connectivity index (χ3n) is 8.66. The van der Waals surface area contributed by atoms with Gasteiger partial charge in [0.1, 0.15) is 17.2 Å². The van der Waals surface area contributed by atoms with Gasteiger partial charge in [0.2, 0.25) is 0 Å². The van der Waals surface area contributed by atoms with Gasteiger partial charge in [0.25, 0.3) is 5.56 Å². The minimum absolute atomic E-state index is 0.0838. The van der Waals surface area contributed by atoms with Crippen molar-refractivity contribution in [3.05, 3.63) is 82.3 Å². The predicted molar refractivity (Wildman–Crippen MR) is 168 cm³/mol. The Kier molecular flexibility index (Phi) is 6.98. The Morgan fingerprint density at radius 2 is 1.86 bits per heavy atom. The summed E-state index contributed by atoms with van der Waals surface area (Å²) >= 11 is 0. The van der Waals surface area contributed by atoms with E-state index in [1.165, 1.54) is 23.4 Å². The highest BCUT2D eigenvalue weighted by Crippen LogP contribution is 2.42. The summed E-state index contributed by atoms with van der Waals surface area (Å²) in [7, 11) is -1.79. The van der Waals surface area contributed by atoms with Gasteiger partial charge in [0.15, 0.2) is 9.84 Å². The van der Waals surface area contributed by atoms with Crippen LogP contribution in [0.15, 0.2) is 64.7 Å². The van der Waals surface area contributed by atoms with Crippen molar-refractivity contribution in [2.75, 3.05) is 19.3 Å². The first-order chi connectivity index (χ1) is 21.2. The second kappa shape index (κ2) is 10.9. The smallest absolute Gasteiger partial charge is 0.280 e. The second-order valence-electron chi connectivity index (χ2n) is 12.0. The van der Waals surface area contributed by atoms with E-state index >= 15 is 0 Å². The molecule has 11 heteroatoms. The lowest BCUT2D eigenvalue weighted by molar-refractivity contribution is 0.219. The van der Waals surface area contributed by atoms with E-state index in [2.05, 4.69) is 20.9 Å². The van der Waals surface area contributed by atoms with E-state index in [-0.39, 0.29) is 21.9 Å². The molecule has 2 fully saturated rings. The number of piperidine rings is 1. The lowest BCUT2D eigenvalue weighted by Crippen LogP contribution is -2.29. The highest BCUT2D eigenvalue weighted by atomic mass is 32.2. The fourth-order valence-electron chi connectivity index (χ4n) is 6.23. The quantitative estimate of drug-likeness (QED) is 0.278. The molecule has 0 unspecified atom stereocenters. The third-order valence-corrected chi connectivity index (χ3v) is 9.78. The molecular weight excluding hydrogens is 574 g/mol. The van der Waals surface area contributed by atoms with Gasteiger partial charge in [-0.2, -0.15) is 5.26 Å². The number of H-pyrrole nitrogens is 1. The number of aromatic nitrogens is 5. The number of nitrogens with one attached hydrogen (secondary N) is 1. The van der Waals surface area contributed by atoms with Crippen molar-refractivity contribution < 1.29 is 8.42 Å². The number of hydrogen-bond donors (Lipinski definition) is 1. The molecule has 0 atom stereocenters. The fraction of sp³-hybridized carbons (Fsp3) is 0.333. The van der Waals surface area contributed by atoms with Crippen LogP contribution in [0.3, 0.4) is 0 Å². The Morgan fingerprint density at radius 3 is 2.55 bits per heavy atom. The van der Waals surface area contributed by atoms with Crippen molar-refractivity contribution in [2.45, 2.75) is 49.5 Å². The molecule has 5 heterocycles. The van der Waals surface area contributed by atoms with Gasteiger partial charge in [-0.1, -0.05) is 12.5 Å². The number of benzene rings is 1. The van der Waals surface area contributed by atoms with Crippen molar-refractivity contribution in [2.24, 2.45) is 7.05 Å². The normalized spacial score (nSPS) is 15.9. The highest BCUT2D eigenvalue weighted by molar-refractivity contribution is 7.91. The molecule has 0 spiro atoms. The van der Waals surface area contributed by atoms with E-state index < -0.39 is 9.84 Å². The number of aryl methyl sites for hydroxylation is 1. The van der Waals surface area contributed by atoms with Crippen molar-refractivity contribution in [1.82, 2.24) is 29.0 Å². The molecule has 0 bridgehead atoms. The molecule has 1 saturated carbocycles. The van der Waals surface area contributed by atoms with Crippen molar-refractivity contribution in [1.29, 1.82) is 5.26 Å². The van der Waals surface area contributed by atoms with Crippen LogP contribution in [-0.4, -0.2) is 56.7 Å². The molecule has 2 aliphatic rings. The predicted octanol–water partition coefficient (Wildman–Crippen LogP) is 4.92. The van der Waals surface area contributed by atoms with Crippen LogP contribution in [0.5, 0.6) is 0 Å². The Hall–Kier alpha value is -4.53. The van der Waals surface area contributed by atoms with Crippen molar-refractivity contribution >= 4 is 20.7 Å². The number of pyridine rings is 2. The number of imidazole rings is 1. The van der Waals surface area contributed by atoms with Crippen molar-refractivity contribution in [3.8, 4) is 34.4 Å². The fourth-order valence-corrected chi connectivity index (χ4v) is 7.09. The summed E-state index contributed by atoms with van der Waals surface area (Å²) in [6.45, 7) is 2.59. The summed E-state index contributed by atoms with van der Waals surface area (Å²) in [6.07, 6.45) is 11.6. The monoisotopic (exact) mass is 607 g/mol. The molecule has 224 valence electrons. The van der Waals surface area contributed by atoms with Gasteiger partial charge >= 0.3 is 0 Å². The van der Waals surface area contributed by atoms with Gasteiger partial charge in [-0.05, 0) is 80.2 Å². The maximum Gasteiger partial charge on any atom is 0.280 e. The standard InChI is InChI=1S/C33H33N7O3S/c1-38-13-10-35-32(38)26-14-21(18-34)6-9-25(26)23-15-28(22-7-8-22)37-30(16-23)40-20-29(44(2,42)43)27-17-24(36-31(27)33(40)41)19-39-11-4-3-5-12-39/h6,9-10,13-17,20,22,36H,3-5,7-8,11-12,19H2,1-2H3. The minimum atomic E-state index is -3.68. The third kappa shape index (κ3) is 5.25. The largest absolute Gasteiger partial charge is 0.353 e. The van der Waals surface area contributed by atoms with Gasteiger partial charge in [-0.15, -0.1) is 0 Å². The number of nitriles is 1. The summed E-state index contributed by atoms with van der Waals surface area (Å²) < 4.78 is 29.4. The number of rotatable bonds is 7. The van der Waals surface area contributed by atoms with E-state index in [1.54, 1.807) is 18.3 Å². The van der Waals surface area contributed by atoms with E-state index in [0.717, 1.165) is 66.9 Å². The van der Waals surface area contributed by atoms with Crippen LogP contribution in [0, 0.1) is 11.3 Å². The molecular formula is C33H33N7O3S. The number of likely N-dealkylation sites (tertiary alicyclic amines) is 1. The van der Waals surface area contributed by atoms with Gasteiger partial charge in [-0.3, -0.25) is 14.3 Å². The number of nitrogens with zero attached hydrogens (tertiary/aromatic N) is 6. The lowest BCUT2D eigenvalue weighted by Gasteiger charge is -2.25. The molecule has 1 aliphatic carbocycles. The van der Waals surface area contributed by atoms with E-state index in [0.29, 0.717) is 29.1 Å². The van der Waals surface area contributed by atoms with E-state index in [9.17, 15) is 18.5 Å². The van der Waals surface area contributed by atoms with Gasteiger partial charge in [0, 0.05) is 66.7 Å². The molecule has 1 saturated heterocycles. The molecule has 1 aromatic carbocycles. The Morgan fingerprint density at radius 1 is 1.07 bits per heavy atom. The van der Waals surface area contributed by atoms with Gasteiger partial charge < -0.3 is 9.55 Å². The van der Waals surface area contributed by atoms with Gasteiger partial charge in [0.05, 0.1) is 16.5 Å². The first kappa shape index (κ1) is 28.3. The number of aromatic amines is 1. The Bertz CT molecular complexity index is 2120. The summed E-state index contributed by atoms with van der Waals surface area (Å²) in [5.74, 6) is 1.32. The molecule has 0 radical (unpaired) electrons. The zero-order chi connectivity index (χ0) is 30.6. The first-order valence-electron chi connectivity index (χ1n) is 14.9. The average molecular weight is 608 g/mol. The van der Waals surface area contributed by atoms with Crippen LogP contribution in [0.1, 0.15) is 55.0 Å². The van der Waals surface area contributed by atoms with Crippen molar-refractivity contribution in [3.63, 3.8) is 0 Å². The highest BCUT2D eigenvalue weighted by Gasteiger charge is 2.28. The molecule has 7 rings (SSSR count). The molecule has 10 nitrogen and oxygen atoms in total. The number of fused-ring (bicyclic) bond motifs is 1. The zero-order valence-electron chi connectivity index (χ0n) is 24.7. The van der Waals surface area contributed by atoms with Gasteiger partial charge in [-0.25, -0.2) is 18.4 Å². The maximum absolute atomic E-state index is 14.1. The van der Waals surface area contributed by atoms with Crippen LogP contribution >= 0.6 is 0 Å². The van der Waals surface area contributed by atoms with Crippen LogP contribution in [0.25, 0.3) is 39.2 Å².